The Balaban J connectivity index is 2.17. The smallest absolute Gasteiger partial charge is 0.305 e. The number of rotatable bonds is 4. The maximum absolute atomic E-state index is 13.9. The van der Waals surface area contributed by atoms with Crippen molar-refractivity contribution >= 4 is 23.1 Å². The van der Waals surface area contributed by atoms with Crippen molar-refractivity contribution in [3.05, 3.63) is 63.5 Å². The van der Waals surface area contributed by atoms with Gasteiger partial charge in [0.05, 0.1) is 4.92 Å². The number of nitro benzene ring substituents is 1. The third-order valence-electron chi connectivity index (χ3n) is 2.89. The van der Waals surface area contributed by atoms with Crippen LogP contribution in [-0.2, 0) is 5.75 Å². The van der Waals surface area contributed by atoms with Crippen LogP contribution in [0, 0.1) is 22.9 Å². The molecule has 2 rings (SSSR count). The largest absolute Gasteiger partial charge is 0.399 e. The molecular formula is C14H13FN2O2S. The number of aryl methyl sites for hydroxylation is 1. The minimum atomic E-state index is -0.767. The lowest BCUT2D eigenvalue weighted by Crippen LogP contribution is -1.96. The zero-order chi connectivity index (χ0) is 14.7. The quantitative estimate of drug-likeness (QED) is 0.401. The Morgan fingerprint density at radius 2 is 2.10 bits per heavy atom. The first-order valence-corrected chi connectivity index (χ1v) is 6.88. The number of hydrogen-bond acceptors (Lipinski definition) is 4. The first-order chi connectivity index (χ1) is 9.49. The normalized spacial score (nSPS) is 10.5. The monoisotopic (exact) mass is 292 g/mol. The van der Waals surface area contributed by atoms with Crippen molar-refractivity contribution in [1.82, 2.24) is 0 Å². The van der Waals surface area contributed by atoms with E-state index in [-0.39, 0.29) is 0 Å². The summed E-state index contributed by atoms with van der Waals surface area (Å²) < 4.78 is 13.9. The first kappa shape index (κ1) is 14.3. The molecule has 0 saturated heterocycles. The average molecular weight is 292 g/mol. The predicted molar refractivity (Wildman–Crippen MR) is 78.2 cm³/mol. The summed E-state index contributed by atoms with van der Waals surface area (Å²) in [7, 11) is 0. The molecule has 0 aliphatic carbocycles. The molecule has 6 heteroatoms. The predicted octanol–water partition coefficient (Wildman–Crippen LogP) is 3.92. The second kappa shape index (κ2) is 5.92. The van der Waals surface area contributed by atoms with Crippen molar-refractivity contribution in [3.8, 4) is 0 Å². The molecule has 0 atom stereocenters. The molecule has 0 aliphatic rings. The van der Waals surface area contributed by atoms with Gasteiger partial charge in [0.15, 0.2) is 0 Å². The molecule has 0 aliphatic heterocycles. The Morgan fingerprint density at radius 3 is 2.75 bits per heavy atom. The van der Waals surface area contributed by atoms with Gasteiger partial charge in [-0.1, -0.05) is 12.1 Å². The molecule has 2 N–H and O–H groups in total. The van der Waals surface area contributed by atoms with Gasteiger partial charge >= 0.3 is 5.69 Å². The standard InChI is InChI=1S/C14H13FN2O2S/c1-9-7-11(5-6-12(9)16)20-8-10-3-2-4-13(14(10)15)17(18)19/h2-7H,8,16H2,1H3. The fraction of sp³-hybridized carbons (Fsp3) is 0.143. The lowest BCUT2D eigenvalue weighted by atomic mass is 10.2. The second-order valence-electron chi connectivity index (χ2n) is 4.31. The van der Waals surface area contributed by atoms with Gasteiger partial charge in [0.1, 0.15) is 0 Å². The molecule has 0 saturated carbocycles. The van der Waals surface area contributed by atoms with Gasteiger partial charge in [0.2, 0.25) is 5.82 Å². The summed E-state index contributed by atoms with van der Waals surface area (Å²) in [6.07, 6.45) is 0. The van der Waals surface area contributed by atoms with Crippen LogP contribution in [0.1, 0.15) is 11.1 Å². The number of halogens is 1. The SMILES string of the molecule is Cc1cc(SCc2cccc([N+](=O)[O-])c2F)ccc1N. The fourth-order valence-electron chi connectivity index (χ4n) is 1.72. The number of nitrogens with two attached hydrogens (primary N) is 1. The van der Waals surface area contributed by atoms with E-state index in [2.05, 4.69) is 0 Å². The van der Waals surface area contributed by atoms with Gasteiger partial charge in [-0.25, -0.2) is 0 Å². The number of thioether (sulfide) groups is 1. The highest BCUT2D eigenvalue weighted by molar-refractivity contribution is 7.98. The van der Waals surface area contributed by atoms with E-state index in [1.54, 1.807) is 12.1 Å². The van der Waals surface area contributed by atoms with Gasteiger partial charge in [-0.2, -0.15) is 4.39 Å². The zero-order valence-corrected chi connectivity index (χ0v) is 11.6. The molecule has 0 fully saturated rings. The highest BCUT2D eigenvalue weighted by Crippen LogP contribution is 2.29. The molecular weight excluding hydrogens is 279 g/mol. The van der Waals surface area contributed by atoms with E-state index < -0.39 is 16.4 Å². The third kappa shape index (κ3) is 3.08. The van der Waals surface area contributed by atoms with Crippen LogP contribution in [0.4, 0.5) is 15.8 Å². The molecule has 2 aromatic rings. The van der Waals surface area contributed by atoms with Crippen molar-refractivity contribution in [2.24, 2.45) is 0 Å². The van der Waals surface area contributed by atoms with Gasteiger partial charge < -0.3 is 5.73 Å². The summed E-state index contributed by atoms with van der Waals surface area (Å²) in [6, 6.07) is 9.76. The molecule has 0 aromatic heterocycles. The van der Waals surface area contributed by atoms with E-state index in [0.29, 0.717) is 17.0 Å². The van der Waals surface area contributed by atoms with E-state index in [1.165, 1.54) is 17.8 Å². The average Bonchev–Trinajstić information content (AvgIpc) is 2.41. The van der Waals surface area contributed by atoms with Crippen LogP contribution in [0.2, 0.25) is 0 Å². The number of hydrogen-bond donors (Lipinski definition) is 1. The van der Waals surface area contributed by atoms with Crippen molar-refractivity contribution in [3.63, 3.8) is 0 Å². The zero-order valence-electron chi connectivity index (χ0n) is 10.8. The van der Waals surface area contributed by atoms with E-state index in [0.717, 1.165) is 16.5 Å². The van der Waals surface area contributed by atoms with E-state index in [4.69, 9.17) is 5.73 Å². The van der Waals surface area contributed by atoms with Gasteiger partial charge in [0.25, 0.3) is 0 Å². The van der Waals surface area contributed by atoms with Crippen LogP contribution in [0.25, 0.3) is 0 Å². The van der Waals surface area contributed by atoms with Gasteiger partial charge in [-0.3, -0.25) is 10.1 Å². The Kier molecular flexibility index (Phi) is 4.24. The van der Waals surface area contributed by atoms with Crippen LogP contribution >= 0.6 is 11.8 Å². The summed E-state index contributed by atoms with van der Waals surface area (Å²) in [5.74, 6) is -0.436. The summed E-state index contributed by atoms with van der Waals surface area (Å²) in [5.41, 5.74) is 7.22. The van der Waals surface area contributed by atoms with Crippen LogP contribution in [0.3, 0.4) is 0 Å². The number of anilines is 1. The molecule has 0 spiro atoms. The Morgan fingerprint density at radius 1 is 1.35 bits per heavy atom. The molecule has 104 valence electrons. The summed E-state index contributed by atoms with van der Waals surface area (Å²) in [5, 5.41) is 10.7. The number of nitrogen functional groups attached to an aromatic ring is 1. The van der Waals surface area contributed by atoms with Crippen molar-refractivity contribution in [2.75, 3.05) is 5.73 Å². The topological polar surface area (TPSA) is 69.2 Å². The molecule has 0 bridgehead atoms. The molecule has 2 aromatic carbocycles. The van der Waals surface area contributed by atoms with Crippen molar-refractivity contribution in [2.45, 2.75) is 17.6 Å². The molecule has 0 heterocycles. The van der Waals surface area contributed by atoms with Crippen LogP contribution < -0.4 is 5.73 Å². The van der Waals surface area contributed by atoms with Crippen LogP contribution in [0.15, 0.2) is 41.3 Å². The second-order valence-corrected chi connectivity index (χ2v) is 5.36. The number of benzene rings is 2. The third-order valence-corrected chi connectivity index (χ3v) is 3.93. The molecule has 20 heavy (non-hydrogen) atoms. The van der Waals surface area contributed by atoms with Gasteiger partial charge in [0, 0.05) is 28.0 Å². The van der Waals surface area contributed by atoms with E-state index >= 15 is 0 Å². The minimum absolute atomic E-state index is 0.318. The highest BCUT2D eigenvalue weighted by Gasteiger charge is 2.17. The van der Waals surface area contributed by atoms with Crippen LogP contribution in [-0.4, -0.2) is 4.92 Å². The maximum atomic E-state index is 13.9. The Labute approximate surface area is 119 Å². The fourth-order valence-corrected chi connectivity index (χ4v) is 2.69. The van der Waals surface area contributed by atoms with Crippen LogP contribution in [0.5, 0.6) is 0 Å². The summed E-state index contributed by atoms with van der Waals surface area (Å²) in [6.45, 7) is 1.90. The van der Waals surface area contributed by atoms with E-state index in [9.17, 15) is 14.5 Å². The molecule has 0 unspecified atom stereocenters. The lowest BCUT2D eigenvalue weighted by molar-refractivity contribution is -0.387. The summed E-state index contributed by atoms with van der Waals surface area (Å²) in [4.78, 5) is 10.9. The van der Waals surface area contributed by atoms with Gasteiger partial charge in [-0.05, 0) is 30.7 Å². The van der Waals surface area contributed by atoms with E-state index in [1.807, 2.05) is 19.1 Å². The highest BCUT2D eigenvalue weighted by atomic mass is 32.2. The summed E-state index contributed by atoms with van der Waals surface area (Å²) >= 11 is 1.41. The van der Waals surface area contributed by atoms with Crippen molar-refractivity contribution < 1.29 is 9.31 Å². The lowest BCUT2D eigenvalue weighted by Gasteiger charge is -2.06. The molecule has 0 radical (unpaired) electrons. The van der Waals surface area contributed by atoms with Crippen molar-refractivity contribution in [1.29, 1.82) is 0 Å². The Hall–Kier alpha value is -2.08. The Bertz CT molecular complexity index is 662. The number of nitrogens with zero attached hydrogens (tertiary/aromatic N) is 1. The number of nitro groups is 1. The minimum Gasteiger partial charge on any atom is -0.399 e. The van der Waals surface area contributed by atoms with Gasteiger partial charge in [-0.15, -0.1) is 11.8 Å². The first-order valence-electron chi connectivity index (χ1n) is 5.89. The molecule has 4 nitrogen and oxygen atoms in total. The molecule has 0 amide bonds. The maximum Gasteiger partial charge on any atom is 0.305 e.